The fourth-order valence-corrected chi connectivity index (χ4v) is 2.93. The Balaban J connectivity index is 2.27. The summed E-state index contributed by atoms with van der Waals surface area (Å²) in [4.78, 5) is 34.8. The number of hydrogen-bond acceptors (Lipinski definition) is 5. The Bertz CT molecular complexity index is 782. The van der Waals surface area contributed by atoms with Crippen molar-refractivity contribution in [2.45, 2.75) is 16.2 Å². The summed E-state index contributed by atoms with van der Waals surface area (Å²) < 4.78 is 4.59. The molecule has 24 heavy (non-hydrogen) atoms. The molecule has 0 saturated heterocycles. The molecule has 0 amide bonds. The van der Waals surface area contributed by atoms with Crippen LogP contribution in [0.3, 0.4) is 0 Å². The Morgan fingerprint density at radius 1 is 1.04 bits per heavy atom. The minimum atomic E-state index is -1.15. The van der Waals surface area contributed by atoms with Crippen LogP contribution in [0.5, 0.6) is 0 Å². The van der Waals surface area contributed by atoms with Crippen molar-refractivity contribution in [1.82, 2.24) is 0 Å². The van der Waals surface area contributed by atoms with E-state index in [9.17, 15) is 19.5 Å². The number of rotatable bonds is 6. The number of esters is 1. The molecule has 0 radical (unpaired) electrons. The van der Waals surface area contributed by atoms with Crippen LogP contribution in [0.25, 0.3) is 0 Å². The molecule has 7 heteroatoms. The van der Waals surface area contributed by atoms with Crippen LogP contribution in [-0.2, 0) is 16.0 Å². The number of aliphatic carboxylic acids is 1. The second kappa shape index (κ2) is 7.65. The van der Waals surface area contributed by atoms with E-state index < -0.39 is 17.9 Å². The highest BCUT2D eigenvalue weighted by Crippen LogP contribution is 2.31. The monoisotopic (exact) mass is 346 g/mol. The Hall–Kier alpha value is -2.80. The van der Waals surface area contributed by atoms with Gasteiger partial charge < -0.3 is 14.9 Å². The molecule has 0 aliphatic carbocycles. The lowest BCUT2D eigenvalue weighted by Gasteiger charge is -2.08. The second-order valence-electron chi connectivity index (χ2n) is 4.82. The highest BCUT2D eigenvalue weighted by Gasteiger charge is 2.15. The van der Waals surface area contributed by atoms with Crippen molar-refractivity contribution in [3.05, 3.63) is 59.2 Å². The van der Waals surface area contributed by atoms with Crippen molar-refractivity contribution < 1.29 is 29.3 Å². The normalized spacial score (nSPS) is 10.2. The molecule has 2 rings (SSSR count). The van der Waals surface area contributed by atoms with Crippen molar-refractivity contribution in [2.75, 3.05) is 7.11 Å². The highest BCUT2D eigenvalue weighted by molar-refractivity contribution is 7.99. The molecule has 0 aliphatic rings. The molecule has 0 bridgehead atoms. The number of carboxylic acids is 2. The SMILES string of the molecule is COC(=O)c1ccc(Sc2ccc(CC(=O)O)cc2)c(C(=O)O)c1. The van der Waals surface area contributed by atoms with E-state index in [1.807, 2.05) is 0 Å². The number of benzene rings is 2. The van der Waals surface area contributed by atoms with Crippen LogP contribution in [0.15, 0.2) is 52.3 Å². The van der Waals surface area contributed by atoms with E-state index in [2.05, 4.69) is 4.74 Å². The minimum absolute atomic E-state index is 0.00230. The summed E-state index contributed by atoms with van der Waals surface area (Å²) in [6.45, 7) is 0. The molecule has 0 fully saturated rings. The third-order valence-electron chi connectivity index (χ3n) is 3.14. The number of carbonyl (C=O) groups is 3. The standard InChI is InChI=1S/C17H14O6S/c1-23-17(22)11-4-7-14(13(9-11)16(20)21)24-12-5-2-10(3-6-12)8-15(18)19/h2-7,9H,8H2,1H3,(H,18,19)(H,20,21). The summed E-state index contributed by atoms with van der Waals surface area (Å²) in [7, 11) is 1.23. The van der Waals surface area contributed by atoms with Gasteiger partial charge >= 0.3 is 17.9 Å². The number of methoxy groups -OCH3 is 1. The lowest BCUT2D eigenvalue weighted by molar-refractivity contribution is -0.136. The van der Waals surface area contributed by atoms with E-state index in [-0.39, 0.29) is 17.5 Å². The quantitative estimate of drug-likeness (QED) is 0.775. The third kappa shape index (κ3) is 4.36. The van der Waals surface area contributed by atoms with Crippen LogP contribution < -0.4 is 0 Å². The van der Waals surface area contributed by atoms with Crippen LogP contribution in [0.4, 0.5) is 0 Å². The number of hydrogen-bond donors (Lipinski definition) is 2. The van der Waals surface area contributed by atoms with Crippen molar-refractivity contribution in [3.63, 3.8) is 0 Å². The average Bonchev–Trinajstić information content (AvgIpc) is 2.55. The van der Waals surface area contributed by atoms with Crippen molar-refractivity contribution >= 4 is 29.7 Å². The van der Waals surface area contributed by atoms with Gasteiger partial charge in [-0.2, -0.15) is 0 Å². The van der Waals surface area contributed by atoms with Gasteiger partial charge in [-0.05, 0) is 35.9 Å². The first-order valence-electron chi connectivity index (χ1n) is 6.85. The van der Waals surface area contributed by atoms with Crippen molar-refractivity contribution in [2.24, 2.45) is 0 Å². The van der Waals surface area contributed by atoms with Gasteiger partial charge in [-0.25, -0.2) is 9.59 Å². The maximum atomic E-state index is 11.5. The molecular weight excluding hydrogens is 332 g/mol. The van der Waals surface area contributed by atoms with Crippen LogP contribution in [0.1, 0.15) is 26.3 Å². The molecule has 2 aromatic rings. The maximum absolute atomic E-state index is 11.5. The predicted molar refractivity (Wildman–Crippen MR) is 86.6 cm³/mol. The molecule has 0 heterocycles. The molecular formula is C17H14O6S. The number of carboxylic acid groups (broad SMARTS) is 2. The lowest BCUT2D eigenvalue weighted by atomic mass is 10.1. The van der Waals surface area contributed by atoms with E-state index in [1.165, 1.54) is 31.0 Å². The largest absolute Gasteiger partial charge is 0.481 e. The molecule has 2 N–H and O–H groups in total. The van der Waals surface area contributed by atoms with Crippen LogP contribution in [-0.4, -0.2) is 35.2 Å². The highest BCUT2D eigenvalue weighted by atomic mass is 32.2. The van der Waals surface area contributed by atoms with Crippen LogP contribution in [0.2, 0.25) is 0 Å². The first-order valence-corrected chi connectivity index (χ1v) is 7.66. The molecule has 0 saturated carbocycles. The Morgan fingerprint density at radius 2 is 1.71 bits per heavy atom. The second-order valence-corrected chi connectivity index (χ2v) is 5.94. The molecule has 0 aromatic heterocycles. The maximum Gasteiger partial charge on any atom is 0.337 e. The zero-order valence-corrected chi connectivity index (χ0v) is 13.5. The first kappa shape index (κ1) is 17.6. The van der Waals surface area contributed by atoms with Gasteiger partial charge in [0.25, 0.3) is 0 Å². The first-order chi connectivity index (χ1) is 11.4. The Labute approximate surface area is 142 Å². The van der Waals surface area contributed by atoms with Gasteiger partial charge in [0.05, 0.1) is 24.7 Å². The van der Waals surface area contributed by atoms with E-state index in [0.29, 0.717) is 10.5 Å². The molecule has 0 spiro atoms. The van der Waals surface area contributed by atoms with Gasteiger partial charge in [-0.1, -0.05) is 23.9 Å². The minimum Gasteiger partial charge on any atom is -0.481 e. The number of aromatic carboxylic acids is 1. The van der Waals surface area contributed by atoms with Gasteiger partial charge in [-0.15, -0.1) is 0 Å². The summed E-state index contributed by atoms with van der Waals surface area (Å²) in [6.07, 6.45) is -0.0703. The van der Waals surface area contributed by atoms with Crippen molar-refractivity contribution in [1.29, 1.82) is 0 Å². The fourth-order valence-electron chi connectivity index (χ4n) is 2.01. The molecule has 0 aliphatic heterocycles. The van der Waals surface area contributed by atoms with E-state index in [1.54, 1.807) is 30.3 Å². The van der Waals surface area contributed by atoms with Crippen LogP contribution in [0, 0.1) is 0 Å². The zero-order valence-electron chi connectivity index (χ0n) is 12.7. The molecule has 124 valence electrons. The predicted octanol–water partition coefficient (Wildman–Crippen LogP) is 2.95. The summed E-state index contributed by atoms with van der Waals surface area (Å²) in [6, 6.07) is 11.1. The Kier molecular flexibility index (Phi) is 5.59. The van der Waals surface area contributed by atoms with Gasteiger partial charge in [0, 0.05) is 9.79 Å². The summed E-state index contributed by atoms with van der Waals surface area (Å²) in [5.41, 5.74) is 0.819. The average molecular weight is 346 g/mol. The van der Waals surface area contributed by atoms with Gasteiger partial charge in [-0.3, -0.25) is 4.79 Å². The third-order valence-corrected chi connectivity index (χ3v) is 4.22. The van der Waals surface area contributed by atoms with E-state index >= 15 is 0 Å². The lowest BCUT2D eigenvalue weighted by Crippen LogP contribution is -2.05. The summed E-state index contributed by atoms with van der Waals surface area (Å²) in [5, 5.41) is 18.1. The van der Waals surface area contributed by atoms with Crippen molar-refractivity contribution in [3.8, 4) is 0 Å². The summed E-state index contributed by atoms with van der Waals surface area (Å²) in [5.74, 6) is -2.67. The number of ether oxygens (including phenoxy) is 1. The van der Waals surface area contributed by atoms with Gasteiger partial charge in [0.2, 0.25) is 0 Å². The zero-order chi connectivity index (χ0) is 17.7. The fraction of sp³-hybridized carbons (Fsp3) is 0.118. The topological polar surface area (TPSA) is 101 Å². The molecule has 0 unspecified atom stereocenters. The van der Waals surface area contributed by atoms with Gasteiger partial charge in [0.1, 0.15) is 0 Å². The molecule has 2 aromatic carbocycles. The van der Waals surface area contributed by atoms with Crippen LogP contribution >= 0.6 is 11.8 Å². The van der Waals surface area contributed by atoms with E-state index in [0.717, 1.165) is 4.90 Å². The summed E-state index contributed by atoms with van der Waals surface area (Å²) >= 11 is 1.22. The molecule has 0 atom stereocenters. The molecule has 6 nitrogen and oxygen atoms in total. The smallest absolute Gasteiger partial charge is 0.337 e. The number of carbonyl (C=O) groups excluding carboxylic acids is 1. The van der Waals surface area contributed by atoms with Gasteiger partial charge in [0.15, 0.2) is 0 Å². The Morgan fingerprint density at radius 3 is 2.25 bits per heavy atom. The van der Waals surface area contributed by atoms with E-state index in [4.69, 9.17) is 5.11 Å².